The van der Waals surface area contributed by atoms with Crippen LogP contribution in [0.1, 0.15) is 63.0 Å². The Balaban J connectivity index is 0.00000324. The molecule has 2 N–H and O–H groups in total. The van der Waals surface area contributed by atoms with Crippen molar-refractivity contribution < 1.29 is 15.0 Å². The predicted octanol–water partition coefficient (Wildman–Crippen LogP) is 2.23. The van der Waals surface area contributed by atoms with E-state index in [9.17, 15) is 15.0 Å². The Bertz CT molecular complexity index is 479. The van der Waals surface area contributed by atoms with Gasteiger partial charge in [0.15, 0.2) is 0 Å². The minimum absolute atomic E-state index is 0. The molecule has 108 valence electrons. The summed E-state index contributed by atoms with van der Waals surface area (Å²) in [4.78, 5) is 11.2. The van der Waals surface area contributed by atoms with Gasteiger partial charge < -0.3 is 10.2 Å². The Kier molecular flexibility index (Phi) is 5.52. The van der Waals surface area contributed by atoms with Gasteiger partial charge in [0.1, 0.15) is 11.3 Å². The van der Waals surface area contributed by atoms with Crippen molar-refractivity contribution in [3.05, 3.63) is 28.8 Å². The summed E-state index contributed by atoms with van der Waals surface area (Å²) in [6.45, 7) is 12.0. The molecule has 0 bridgehead atoms. The quantitative estimate of drug-likeness (QED) is 0.743. The molecule has 0 amide bonds. The van der Waals surface area contributed by atoms with Crippen LogP contribution >= 0.6 is 0 Å². The van der Waals surface area contributed by atoms with Gasteiger partial charge in [0.25, 0.3) is 0 Å². The monoisotopic (exact) mass is 374 g/mol. The van der Waals surface area contributed by atoms with E-state index in [2.05, 4.69) is 0 Å². The molecule has 0 aliphatic carbocycles. The zero-order valence-corrected chi connectivity index (χ0v) is 12.0. The molecule has 0 atom stereocenters. The van der Waals surface area contributed by atoms with E-state index in [0.717, 1.165) is 5.56 Å². The first-order chi connectivity index (χ1) is 7.94. The zero-order chi connectivity index (χ0) is 14.3. The van der Waals surface area contributed by atoms with Crippen LogP contribution in [0.5, 0.6) is 5.75 Å². The number of hydrogen-bond acceptors (Lipinski definition) is 2. The van der Waals surface area contributed by atoms with Gasteiger partial charge >= 0.3 is 29.9 Å². The summed E-state index contributed by atoms with van der Waals surface area (Å²) in [6, 6.07) is 3.47. The van der Waals surface area contributed by atoms with E-state index in [1.54, 1.807) is 6.07 Å². The van der Waals surface area contributed by atoms with E-state index in [-0.39, 0.29) is 46.1 Å². The molecule has 3 nitrogen and oxygen atoms in total. The average Bonchev–Trinajstić information content (AvgIpc) is 2.13. The van der Waals surface area contributed by atoms with Gasteiger partial charge in [-0.1, -0.05) is 47.6 Å². The van der Waals surface area contributed by atoms with Crippen LogP contribution < -0.4 is 0 Å². The van der Waals surface area contributed by atoms with Crippen molar-refractivity contribution in [3.8, 4) is 5.75 Å². The van der Waals surface area contributed by atoms with Gasteiger partial charge in [-0.2, -0.15) is 0 Å². The second-order valence-electron chi connectivity index (χ2n) is 6.73. The molecule has 0 spiro atoms. The number of aromatic hydroxyl groups is 1. The van der Waals surface area contributed by atoms with Crippen LogP contribution in [0, 0.1) is 0 Å². The molecule has 1 rings (SSSR count). The maximum absolute atomic E-state index is 11.2. The molecule has 1 aromatic carbocycles. The Labute approximate surface area is 132 Å². The molecule has 19 heavy (non-hydrogen) atoms. The summed E-state index contributed by atoms with van der Waals surface area (Å²) in [5, 5.41) is 19.3. The molecule has 0 aromatic heterocycles. The maximum atomic E-state index is 11.2. The first-order valence-electron chi connectivity index (χ1n) is 6.06. The number of carboxylic acid groups (broad SMARTS) is 1. The SMILES string of the molecule is CC(C)(C)c1cc(C(=O)O)c(O)c(C(C)(C)C)c1.[SnH4]. The topological polar surface area (TPSA) is 57.5 Å². The van der Waals surface area contributed by atoms with Gasteiger partial charge in [0.2, 0.25) is 0 Å². The van der Waals surface area contributed by atoms with Gasteiger partial charge in [0.05, 0.1) is 0 Å². The molecular weight excluding hydrogens is 347 g/mol. The number of hydrogen-bond donors (Lipinski definition) is 2. The van der Waals surface area contributed by atoms with Crippen molar-refractivity contribution in [2.24, 2.45) is 0 Å². The second-order valence-corrected chi connectivity index (χ2v) is 6.73. The van der Waals surface area contributed by atoms with E-state index >= 15 is 0 Å². The van der Waals surface area contributed by atoms with Gasteiger partial charge in [-0.15, -0.1) is 0 Å². The Morgan fingerprint density at radius 2 is 1.47 bits per heavy atom. The average molecular weight is 373 g/mol. The molecule has 0 saturated heterocycles. The van der Waals surface area contributed by atoms with Crippen molar-refractivity contribution in [1.29, 1.82) is 0 Å². The Morgan fingerprint density at radius 3 is 1.79 bits per heavy atom. The van der Waals surface area contributed by atoms with Crippen molar-refractivity contribution in [3.63, 3.8) is 0 Å². The molecule has 0 saturated carbocycles. The summed E-state index contributed by atoms with van der Waals surface area (Å²) in [5.74, 6) is -1.22. The van der Waals surface area contributed by atoms with E-state index in [1.165, 1.54) is 0 Å². The molecule has 0 unspecified atom stereocenters. The summed E-state index contributed by atoms with van der Waals surface area (Å²) >= 11 is 0. The van der Waals surface area contributed by atoms with Crippen molar-refractivity contribution in [1.82, 2.24) is 0 Å². The Morgan fingerprint density at radius 1 is 1.00 bits per heavy atom. The van der Waals surface area contributed by atoms with Crippen LogP contribution in [-0.2, 0) is 10.8 Å². The van der Waals surface area contributed by atoms with Crippen LogP contribution in [-0.4, -0.2) is 40.1 Å². The van der Waals surface area contributed by atoms with E-state index in [0.29, 0.717) is 5.56 Å². The third-order valence-electron chi connectivity index (χ3n) is 3.01. The van der Waals surface area contributed by atoms with E-state index < -0.39 is 5.97 Å². The summed E-state index contributed by atoms with van der Waals surface area (Å²) in [7, 11) is 0. The summed E-state index contributed by atoms with van der Waals surface area (Å²) < 4.78 is 0. The molecule has 0 fully saturated rings. The van der Waals surface area contributed by atoms with Crippen LogP contribution in [0.25, 0.3) is 0 Å². The molecular formula is C15H26O3Sn. The Hall–Kier alpha value is -0.711. The molecule has 0 heterocycles. The normalized spacial score (nSPS) is 11.9. The van der Waals surface area contributed by atoms with Crippen molar-refractivity contribution in [2.75, 3.05) is 0 Å². The van der Waals surface area contributed by atoms with Crippen molar-refractivity contribution >= 4 is 29.9 Å². The van der Waals surface area contributed by atoms with Crippen LogP contribution in [0.2, 0.25) is 0 Å². The van der Waals surface area contributed by atoms with Crippen LogP contribution in [0.3, 0.4) is 0 Å². The fourth-order valence-corrected chi connectivity index (χ4v) is 1.80. The minimum atomic E-state index is -1.09. The first-order valence-corrected chi connectivity index (χ1v) is 6.06. The number of carboxylic acids is 1. The summed E-state index contributed by atoms with van der Waals surface area (Å²) in [6.07, 6.45) is 0. The van der Waals surface area contributed by atoms with Gasteiger partial charge in [-0.25, -0.2) is 4.79 Å². The standard InChI is InChI=1S/C15H22O3.Sn.4H/c1-14(2,3)9-7-10(13(17)18)12(16)11(8-9)15(4,5)6;;;;;/h7-8,16H,1-6H3,(H,17,18);;;;;. The molecule has 0 radical (unpaired) electrons. The molecule has 0 aliphatic rings. The molecule has 0 aliphatic heterocycles. The fourth-order valence-electron chi connectivity index (χ4n) is 1.80. The summed E-state index contributed by atoms with van der Waals surface area (Å²) in [5.41, 5.74) is 1.12. The first kappa shape index (κ1) is 18.3. The van der Waals surface area contributed by atoms with Gasteiger partial charge in [-0.3, -0.25) is 0 Å². The third kappa shape index (κ3) is 4.13. The van der Waals surface area contributed by atoms with E-state index in [4.69, 9.17) is 0 Å². The fraction of sp³-hybridized carbons (Fsp3) is 0.533. The van der Waals surface area contributed by atoms with Crippen molar-refractivity contribution in [2.45, 2.75) is 52.4 Å². The number of carbonyl (C=O) groups is 1. The van der Waals surface area contributed by atoms with Gasteiger partial charge in [-0.05, 0) is 22.5 Å². The third-order valence-corrected chi connectivity index (χ3v) is 3.01. The molecule has 4 heteroatoms. The number of rotatable bonds is 1. The second kappa shape index (κ2) is 5.73. The van der Waals surface area contributed by atoms with Gasteiger partial charge in [0, 0.05) is 5.56 Å². The zero-order valence-electron chi connectivity index (χ0n) is 12.0. The van der Waals surface area contributed by atoms with Crippen LogP contribution in [0.15, 0.2) is 12.1 Å². The van der Waals surface area contributed by atoms with E-state index in [1.807, 2.05) is 47.6 Å². The predicted molar refractivity (Wildman–Crippen MR) is 83.8 cm³/mol. The number of aromatic carboxylic acids is 1. The molecule has 1 aromatic rings. The van der Waals surface area contributed by atoms with Crippen LogP contribution in [0.4, 0.5) is 0 Å². The number of phenols is 1. The number of benzene rings is 1.